The number of methoxy groups -OCH3 is 1. The molecule has 0 aromatic heterocycles. The minimum absolute atomic E-state index is 0.0936. The molecule has 25 heavy (non-hydrogen) atoms. The van der Waals surface area contributed by atoms with Gasteiger partial charge in [0.05, 0.1) is 25.0 Å². The van der Waals surface area contributed by atoms with E-state index in [1.807, 2.05) is 32.0 Å². The Labute approximate surface area is 148 Å². The summed E-state index contributed by atoms with van der Waals surface area (Å²) in [6, 6.07) is 12.7. The highest BCUT2D eigenvalue weighted by atomic mass is 16.5. The number of Topliss-reactive ketones (excluding diaryl/α,β-unsaturated/α-hetero) is 1. The van der Waals surface area contributed by atoms with Crippen LogP contribution in [0.4, 0.5) is 5.69 Å². The first-order valence-electron chi connectivity index (χ1n) is 8.24. The molecule has 1 amide bonds. The number of anilines is 1. The number of amides is 1. The second-order valence-corrected chi connectivity index (χ2v) is 5.60. The number of ether oxygens (including phenoxy) is 2. The lowest BCUT2D eigenvalue weighted by Crippen LogP contribution is -2.14. The fraction of sp³-hybridized carbons (Fsp3) is 0.300. The molecule has 0 unspecified atom stereocenters. The fourth-order valence-corrected chi connectivity index (χ4v) is 2.47. The Bertz CT molecular complexity index is 755. The van der Waals surface area contributed by atoms with Crippen molar-refractivity contribution in [3.05, 3.63) is 53.6 Å². The van der Waals surface area contributed by atoms with Gasteiger partial charge in [-0.3, -0.25) is 9.59 Å². The fourth-order valence-electron chi connectivity index (χ4n) is 2.47. The van der Waals surface area contributed by atoms with Crippen molar-refractivity contribution in [2.24, 2.45) is 0 Å². The Morgan fingerprint density at radius 2 is 1.80 bits per heavy atom. The van der Waals surface area contributed by atoms with E-state index in [9.17, 15) is 9.59 Å². The van der Waals surface area contributed by atoms with Gasteiger partial charge in [-0.2, -0.15) is 0 Å². The Hall–Kier alpha value is -2.82. The number of rotatable bonds is 8. The predicted molar refractivity (Wildman–Crippen MR) is 97.5 cm³/mol. The number of aryl methyl sites for hydroxylation is 1. The van der Waals surface area contributed by atoms with Gasteiger partial charge in [0.15, 0.2) is 5.78 Å². The van der Waals surface area contributed by atoms with Crippen molar-refractivity contribution in [2.45, 2.75) is 26.7 Å². The quantitative estimate of drug-likeness (QED) is 0.737. The van der Waals surface area contributed by atoms with Crippen LogP contribution in [0.25, 0.3) is 0 Å². The number of hydrogen-bond donors (Lipinski definition) is 1. The summed E-state index contributed by atoms with van der Waals surface area (Å²) < 4.78 is 10.7. The van der Waals surface area contributed by atoms with Crippen LogP contribution in [-0.2, 0) is 4.79 Å². The first kappa shape index (κ1) is 18.5. The maximum Gasteiger partial charge on any atom is 0.224 e. The number of hydrogen-bond acceptors (Lipinski definition) is 4. The summed E-state index contributed by atoms with van der Waals surface area (Å²) in [5.74, 6) is 0.795. The monoisotopic (exact) mass is 341 g/mol. The van der Waals surface area contributed by atoms with Gasteiger partial charge in [-0.15, -0.1) is 0 Å². The zero-order valence-corrected chi connectivity index (χ0v) is 14.8. The molecule has 0 aliphatic heterocycles. The lowest BCUT2D eigenvalue weighted by Gasteiger charge is -2.11. The van der Waals surface area contributed by atoms with Crippen molar-refractivity contribution < 1.29 is 19.1 Å². The first-order valence-corrected chi connectivity index (χ1v) is 8.24. The van der Waals surface area contributed by atoms with Crippen LogP contribution in [0.2, 0.25) is 0 Å². The molecule has 0 saturated carbocycles. The first-order chi connectivity index (χ1) is 12.0. The maximum atomic E-state index is 12.4. The van der Waals surface area contributed by atoms with E-state index in [0.29, 0.717) is 29.4 Å². The van der Waals surface area contributed by atoms with Crippen molar-refractivity contribution in [1.29, 1.82) is 0 Å². The van der Waals surface area contributed by atoms with Crippen molar-refractivity contribution in [1.82, 2.24) is 0 Å². The molecular formula is C20H23NO4. The van der Waals surface area contributed by atoms with Crippen molar-refractivity contribution in [3.63, 3.8) is 0 Å². The van der Waals surface area contributed by atoms with Gasteiger partial charge in [0.1, 0.15) is 11.5 Å². The largest absolute Gasteiger partial charge is 0.496 e. The lowest BCUT2D eigenvalue weighted by molar-refractivity contribution is -0.116. The molecular weight excluding hydrogens is 318 g/mol. The van der Waals surface area contributed by atoms with Crippen LogP contribution in [-0.4, -0.2) is 25.4 Å². The molecule has 2 aromatic rings. The van der Waals surface area contributed by atoms with Crippen molar-refractivity contribution >= 4 is 17.4 Å². The molecule has 0 fully saturated rings. The Kier molecular flexibility index (Phi) is 6.57. The molecule has 0 aliphatic carbocycles. The molecule has 2 rings (SSSR count). The predicted octanol–water partition coefficient (Wildman–Crippen LogP) is 4.00. The van der Waals surface area contributed by atoms with Crippen LogP contribution in [0.5, 0.6) is 11.5 Å². The molecule has 5 heteroatoms. The zero-order chi connectivity index (χ0) is 18.2. The highest BCUT2D eigenvalue weighted by Gasteiger charge is 2.15. The zero-order valence-electron chi connectivity index (χ0n) is 14.8. The van der Waals surface area contributed by atoms with Gasteiger partial charge in [0, 0.05) is 12.8 Å². The molecule has 1 N–H and O–H groups in total. The molecule has 0 bridgehead atoms. The van der Waals surface area contributed by atoms with Crippen LogP contribution >= 0.6 is 0 Å². The van der Waals surface area contributed by atoms with Gasteiger partial charge in [0.25, 0.3) is 0 Å². The van der Waals surface area contributed by atoms with E-state index in [2.05, 4.69) is 5.32 Å². The normalized spacial score (nSPS) is 10.2. The summed E-state index contributed by atoms with van der Waals surface area (Å²) in [4.78, 5) is 24.6. The summed E-state index contributed by atoms with van der Waals surface area (Å²) in [7, 11) is 1.53. The van der Waals surface area contributed by atoms with Crippen molar-refractivity contribution in [3.8, 4) is 11.5 Å². The third-order valence-corrected chi connectivity index (χ3v) is 3.70. The van der Waals surface area contributed by atoms with E-state index in [1.54, 1.807) is 24.3 Å². The topological polar surface area (TPSA) is 64.6 Å². The van der Waals surface area contributed by atoms with Gasteiger partial charge in [-0.05, 0) is 38.1 Å². The molecule has 0 saturated heterocycles. The molecule has 132 valence electrons. The molecule has 0 aliphatic rings. The maximum absolute atomic E-state index is 12.4. The number of nitrogens with one attached hydrogen (secondary N) is 1. The summed E-state index contributed by atoms with van der Waals surface area (Å²) in [6.07, 6.45) is 0.207. The van der Waals surface area contributed by atoms with Gasteiger partial charge >= 0.3 is 0 Å². The lowest BCUT2D eigenvalue weighted by atomic mass is 10.0. The van der Waals surface area contributed by atoms with Crippen molar-refractivity contribution in [2.75, 3.05) is 19.0 Å². The van der Waals surface area contributed by atoms with E-state index in [0.717, 1.165) is 5.56 Å². The second kappa shape index (κ2) is 8.87. The summed E-state index contributed by atoms with van der Waals surface area (Å²) in [6.45, 7) is 4.30. The molecule has 5 nitrogen and oxygen atoms in total. The Balaban J connectivity index is 1.98. The molecule has 0 atom stereocenters. The third-order valence-electron chi connectivity index (χ3n) is 3.70. The number of para-hydroxylation sites is 2. The standard InChI is InChI=1S/C20H23NO4/c1-4-25-19-8-6-5-7-16(19)21-20(23)12-10-17(22)15-13-14(2)9-11-18(15)24-3/h5-9,11,13H,4,10,12H2,1-3H3,(H,21,23). The molecule has 0 heterocycles. The number of carbonyl (C=O) groups is 2. The second-order valence-electron chi connectivity index (χ2n) is 5.60. The van der Waals surface area contributed by atoms with Crippen LogP contribution in [0, 0.1) is 6.92 Å². The van der Waals surface area contributed by atoms with E-state index in [-0.39, 0.29) is 24.5 Å². The van der Waals surface area contributed by atoms with Crippen LogP contribution in [0.15, 0.2) is 42.5 Å². The Morgan fingerprint density at radius 1 is 1.04 bits per heavy atom. The number of benzene rings is 2. The van der Waals surface area contributed by atoms with Gasteiger partial charge < -0.3 is 14.8 Å². The number of carbonyl (C=O) groups excluding carboxylic acids is 2. The SMILES string of the molecule is CCOc1ccccc1NC(=O)CCC(=O)c1cc(C)ccc1OC. The van der Waals surface area contributed by atoms with E-state index < -0.39 is 0 Å². The minimum atomic E-state index is -0.230. The number of ketones is 1. The average Bonchev–Trinajstić information content (AvgIpc) is 2.61. The van der Waals surface area contributed by atoms with E-state index >= 15 is 0 Å². The average molecular weight is 341 g/mol. The summed E-state index contributed by atoms with van der Waals surface area (Å²) >= 11 is 0. The van der Waals surface area contributed by atoms with Crippen LogP contribution < -0.4 is 14.8 Å². The summed E-state index contributed by atoms with van der Waals surface area (Å²) in [5.41, 5.74) is 2.08. The minimum Gasteiger partial charge on any atom is -0.496 e. The highest BCUT2D eigenvalue weighted by molar-refractivity contribution is 6.02. The smallest absolute Gasteiger partial charge is 0.224 e. The molecule has 0 spiro atoms. The van der Waals surface area contributed by atoms with E-state index in [1.165, 1.54) is 7.11 Å². The van der Waals surface area contributed by atoms with Crippen LogP contribution in [0.3, 0.4) is 0 Å². The Morgan fingerprint density at radius 3 is 2.52 bits per heavy atom. The van der Waals surface area contributed by atoms with E-state index in [4.69, 9.17) is 9.47 Å². The molecule has 0 radical (unpaired) electrons. The van der Waals surface area contributed by atoms with Crippen LogP contribution in [0.1, 0.15) is 35.7 Å². The molecule has 2 aromatic carbocycles. The van der Waals surface area contributed by atoms with Gasteiger partial charge in [-0.1, -0.05) is 23.8 Å². The highest BCUT2D eigenvalue weighted by Crippen LogP contribution is 2.25. The summed E-state index contributed by atoms with van der Waals surface area (Å²) in [5, 5.41) is 2.79. The van der Waals surface area contributed by atoms with Gasteiger partial charge in [0.2, 0.25) is 5.91 Å². The van der Waals surface area contributed by atoms with Gasteiger partial charge in [-0.25, -0.2) is 0 Å². The third kappa shape index (κ3) is 5.08.